The van der Waals surface area contributed by atoms with E-state index in [9.17, 15) is 4.79 Å². The van der Waals surface area contributed by atoms with Crippen molar-refractivity contribution in [2.75, 3.05) is 18.9 Å². The van der Waals surface area contributed by atoms with Gasteiger partial charge in [0.2, 0.25) is 0 Å². The Bertz CT molecular complexity index is 374. The Balaban J connectivity index is 2.27. The van der Waals surface area contributed by atoms with E-state index in [2.05, 4.69) is 26.1 Å². The van der Waals surface area contributed by atoms with Gasteiger partial charge in [-0.05, 0) is 36.1 Å². The second-order valence-electron chi connectivity index (χ2n) is 4.88. The van der Waals surface area contributed by atoms with Gasteiger partial charge in [0.25, 0.3) is 5.91 Å². The van der Waals surface area contributed by atoms with Crippen LogP contribution in [0.2, 0.25) is 0 Å². The number of hydrogen-bond acceptors (Lipinski definition) is 3. The lowest BCUT2D eigenvalue weighted by molar-refractivity contribution is -0.123. The maximum absolute atomic E-state index is 11.5. The third-order valence-electron chi connectivity index (χ3n) is 3.01. The highest BCUT2D eigenvalue weighted by Crippen LogP contribution is 2.12. The molecule has 1 aromatic carbocycles. The lowest BCUT2D eigenvalue weighted by atomic mass is 9.98. The minimum atomic E-state index is -0.0978. The molecular weight excluding hydrogens is 228 g/mol. The zero-order valence-corrected chi connectivity index (χ0v) is 11.3. The van der Waals surface area contributed by atoms with E-state index in [1.165, 1.54) is 0 Å². The lowest BCUT2D eigenvalue weighted by Gasteiger charge is -2.16. The fraction of sp³-hybridized carbons (Fsp3) is 0.500. The first-order chi connectivity index (χ1) is 8.49. The Morgan fingerprint density at radius 2 is 1.89 bits per heavy atom. The first-order valence-corrected chi connectivity index (χ1v) is 6.24. The van der Waals surface area contributed by atoms with Crippen molar-refractivity contribution >= 4 is 11.6 Å². The highest BCUT2D eigenvalue weighted by molar-refractivity contribution is 5.77. The highest BCUT2D eigenvalue weighted by Gasteiger charge is 2.09. The van der Waals surface area contributed by atoms with Crippen LogP contribution in [0.25, 0.3) is 0 Å². The average molecular weight is 250 g/mol. The van der Waals surface area contributed by atoms with Crippen LogP contribution >= 0.6 is 0 Å². The fourth-order valence-corrected chi connectivity index (χ4v) is 1.27. The Kier molecular flexibility index (Phi) is 5.49. The number of nitrogens with two attached hydrogens (primary N) is 1. The van der Waals surface area contributed by atoms with Crippen LogP contribution in [-0.4, -0.2) is 19.1 Å². The van der Waals surface area contributed by atoms with Crippen LogP contribution < -0.4 is 15.8 Å². The number of nitrogen functional groups attached to an aromatic ring is 1. The minimum Gasteiger partial charge on any atom is -0.484 e. The third-order valence-corrected chi connectivity index (χ3v) is 3.01. The van der Waals surface area contributed by atoms with Crippen molar-refractivity contribution in [2.24, 2.45) is 11.8 Å². The number of carbonyl (C=O) groups excluding carboxylic acids is 1. The van der Waals surface area contributed by atoms with Gasteiger partial charge in [-0.1, -0.05) is 20.8 Å². The largest absolute Gasteiger partial charge is 0.484 e. The predicted octanol–water partition coefficient (Wildman–Crippen LogP) is 2.06. The molecule has 0 saturated heterocycles. The molecule has 0 fully saturated rings. The number of anilines is 1. The van der Waals surface area contributed by atoms with Crippen LogP contribution in [0.3, 0.4) is 0 Å². The molecule has 1 amide bonds. The van der Waals surface area contributed by atoms with Crippen molar-refractivity contribution in [1.29, 1.82) is 0 Å². The molecule has 0 aromatic heterocycles. The first-order valence-electron chi connectivity index (χ1n) is 6.24. The molecule has 0 heterocycles. The van der Waals surface area contributed by atoms with Gasteiger partial charge in [-0.25, -0.2) is 0 Å². The molecule has 100 valence electrons. The zero-order chi connectivity index (χ0) is 13.5. The molecule has 18 heavy (non-hydrogen) atoms. The topological polar surface area (TPSA) is 64.3 Å². The van der Waals surface area contributed by atoms with Crippen LogP contribution in [0.1, 0.15) is 20.8 Å². The molecule has 1 unspecified atom stereocenters. The van der Waals surface area contributed by atoms with E-state index in [0.717, 1.165) is 0 Å². The number of amides is 1. The van der Waals surface area contributed by atoms with E-state index in [0.29, 0.717) is 29.8 Å². The molecular formula is C14H22N2O2. The Labute approximate surface area is 109 Å². The molecule has 1 atom stereocenters. The molecule has 1 rings (SSSR count). The smallest absolute Gasteiger partial charge is 0.257 e. The fourth-order valence-electron chi connectivity index (χ4n) is 1.27. The second kappa shape index (κ2) is 6.89. The predicted molar refractivity (Wildman–Crippen MR) is 73.4 cm³/mol. The van der Waals surface area contributed by atoms with Crippen molar-refractivity contribution in [1.82, 2.24) is 5.32 Å². The summed E-state index contributed by atoms with van der Waals surface area (Å²) in [6, 6.07) is 6.99. The zero-order valence-electron chi connectivity index (χ0n) is 11.3. The van der Waals surface area contributed by atoms with Crippen molar-refractivity contribution in [2.45, 2.75) is 20.8 Å². The van der Waals surface area contributed by atoms with Crippen LogP contribution in [0.5, 0.6) is 5.75 Å². The summed E-state index contributed by atoms with van der Waals surface area (Å²) in [5.74, 6) is 1.57. The highest BCUT2D eigenvalue weighted by atomic mass is 16.5. The molecule has 0 aliphatic rings. The standard InChI is InChI=1S/C14H22N2O2/c1-10(2)11(3)8-16-14(17)9-18-13-6-4-12(15)5-7-13/h4-7,10-11H,8-9,15H2,1-3H3,(H,16,17). The SMILES string of the molecule is CC(C)C(C)CNC(=O)COc1ccc(N)cc1. The van der Waals surface area contributed by atoms with Gasteiger partial charge in [-0.15, -0.1) is 0 Å². The second-order valence-corrected chi connectivity index (χ2v) is 4.88. The molecule has 1 aromatic rings. The molecule has 4 nitrogen and oxygen atoms in total. The number of nitrogens with one attached hydrogen (secondary N) is 1. The molecule has 0 aliphatic heterocycles. The van der Waals surface area contributed by atoms with Crippen molar-refractivity contribution in [3.8, 4) is 5.75 Å². The van der Waals surface area contributed by atoms with Crippen LogP contribution in [0, 0.1) is 11.8 Å². The van der Waals surface area contributed by atoms with Crippen molar-refractivity contribution < 1.29 is 9.53 Å². The number of rotatable bonds is 6. The summed E-state index contributed by atoms with van der Waals surface area (Å²) in [5, 5.41) is 2.86. The van der Waals surface area contributed by atoms with Crippen molar-refractivity contribution in [3.05, 3.63) is 24.3 Å². The van der Waals surface area contributed by atoms with Gasteiger partial charge in [0.15, 0.2) is 6.61 Å². The number of benzene rings is 1. The van der Waals surface area contributed by atoms with E-state index in [1.807, 2.05) is 0 Å². The van der Waals surface area contributed by atoms with Gasteiger partial charge in [0.05, 0.1) is 0 Å². The van der Waals surface area contributed by atoms with E-state index < -0.39 is 0 Å². The van der Waals surface area contributed by atoms with Gasteiger partial charge in [0, 0.05) is 12.2 Å². The third kappa shape index (κ3) is 5.08. The van der Waals surface area contributed by atoms with Crippen molar-refractivity contribution in [3.63, 3.8) is 0 Å². The first kappa shape index (κ1) is 14.4. The quantitative estimate of drug-likeness (QED) is 0.759. The summed E-state index contributed by atoms with van der Waals surface area (Å²) in [4.78, 5) is 11.5. The van der Waals surface area contributed by atoms with E-state index >= 15 is 0 Å². The summed E-state index contributed by atoms with van der Waals surface area (Å²) in [7, 11) is 0. The molecule has 4 heteroatoms. The summed E-state index contributed by atoms with van der Waals surface area (Å²) < 4.78 is 5.35. The van der Waals surface area contributed by atoms with Gasteiger partial charge in [-0.2, -0.15) is 0 Å². The maximum atomic E-state index is 11.5. The number of ether oxygens (including phenoxy) is 1. The van der Waals surface area contributed by atoms with Gasteiger partial charge < -0.3 is 15.8 Å². The van der Waals surface area contributed by atoms with Crippen LogP contribution in [-0.2, 0) is 4.79 Å². The minimum absolute atomic E-state index is 0.0364. The molecule has 3 N–H and O–H groups in total. The summed E-state index contributed by atoms with van der Waals surface area (Å²) in [6.07, 6.45) is 0. The van der Waals surface area contributed by atoms with E-state index in [-0.39, 0.29) is 12.5 Å². The molecule has 0 bridgehead atoms. The molecule has 0 spiro atoms. The number of carbonyl (C=O) groups is 1. The Hall–Kier alpha value is -1.71. The van der Waals surface area contributed by atoms with Gasteiger partial charge >= 0.3 is 0 Å². The van der Waals surface area contributed by atoms with Gasteiger partial charge in [0.1, 0.15) is 5.75 Å². The number of hydrogen-bond donors (Lipinski definition) is 2. The van der Waals surface area contributed by atoms with Crippen LogP contribution in [0.4, 0.5) is 5.69 Å². The normalized spacial score (nSPS) is 12.2. The maximum Gasteiger partial charge on any atom is 0.257 e. The Morgan fingerprint density at radius 1 is 1.28 bits per heavy atom. The molecule has 0 aliphatic carbocycles. The van der Waals surface area contributed by atoms with E-state index in [4.69, 9.17) is 10.5 Å². The molecule has 0 saturated carbocycles. The van der Waals surface area contributed by atoms with Gasteiger partial charge in [-0.3, -0.25) is 4.79 Å². The monoisotopic (exact) mass is 250 g/mol. The molecule has 0 radical (unpaired) electrons. The average Bonchev–Trinajstić information content (AvgIpc) is 2.35. The lowest BCUT2D eigenvalue weighted by Crippen LogP contribution is -2.33. The Morgan fingerprint density at radius 3 is 2.44 bits per heavy atom. The van der Waals surface area contributed by atoms with Crippen LogP contribution in [0.15, 0.2) is 24.3 Å². The summed E-state index contributed by atoms with van der Waals surface area (Å²) in [6.45, 7) is 7.12. The summed E-state index contributed by atoms with van der Waals surface area (Å²) in [5.41, 5.74) is 6.24. The summed E-state index contributed by atoms with van der Waals surface area (Å²) >= 11 is 0. The van der Waals surface area contributed by atoms with E-state index in [1.54, 1.807) is 24.3 Å².